The number of aliphatic hydroxyl groups excluding tert-OH is 1. The number of amides is 1. The van der Waals surface area contributed by atoms with Crippen molar-refractivity contribution in [2.45, 2.75) is 19.3 Å². The second-order valence-corrected chi connectivity index (χ2v) is 7.56. The van der Waals surface area contributed by atoms with Gasteiger partial charge < -0.3 is 35.1 Å². The third-order valence-corrected chi connectivity index (χ3v) is 4.79. The summed E-state index contributed by atoms with van der Waals surface area (Å²) in [6, 6.07) is 25.0. The fourth-order valence-electron chi connectivity index (χ4n) is 3.06. The van der Waals surface area contributed by atoms with Gasteiger partial charge in [0.25, 0.3) is 0 Å². The second-order valence-electron chi connectivity index (χ2n) is 7.56. The van der Waals surface area contributed by atoms with E-state index in [0.29, 0.717) is 37.0 Å². The number of hydrogen-bond acceptors (Lipinski definition) is 6. The molecule has 0 bridgehead atoms. The molecule has 3 aromatic rings. The molecule has 0 radical (unpaired) electrons. The van der Waals surface area contributed by atoms with Crippen LogP contribution in [0.5, 0.6) is 17.2 Å². The maximum absolute atomic E-state index is 10.4. The molecule has 0 aromatic heterocycles. The Labute approximate surface area is 199 Å². The van der Waals surface area contributed by atoms with Crippen LogP contribution in [0, 0.1) is 0 Å². The Morgan fingerprint density at radius 1 is 0.794 bits per heavy atom. The van der Waals surface area contributed by atoms with Gasteiger partial charge in [0.05, 0.1) is 0 Å². The highest BCUT2D eigenvalue weighted by Crippen LogP contribution is 2.33. The zero-order valence-electron chi connectivity index (χ0n) is 18.9. The van der Waals surface area contributed by atoms with E-state index in [9.17, 15) is 9.90 Å². The number of ether oxygens (including phenoxy) is 3. The smallest absolute Gasteiger partial charge is 0.404 e. The summed E-state index contributed by atoms with van der Waals surface area (Å²) in [5.41, 5.74) is 2.08. The number of aliphatic hydroxyl groups is 1. The summed E-state index contributed by atoms with van der Waals surface area (Å²) in [6.45, 7) is 1.80. The predicted octanol–water partition coefficient (Wildman–Crippen LogP) is 3.44. The normalized spacial score (nSPS) is 11.4. The van der Waals surface area contributed by atoms with Gasteiger partial charge in [-0.3, -0.25) is 0 Å². The molecule has 1 amide bonds. The van der Waals surface area contributed by atoms with Gasteiger partial charge >= 0.3 is 6.09 Å². The lowest BCUT2D eigenvalue weighted by Gasteiger charge is -2.16. The van der Waals surface area contributed by atoms with Crippen molar-refractivity contribution in [1.29, 1.82) is 0 Å². The highest BCUT2D eigenvalue weighted by Gasteiger charge is 2.11. The maximum atomic E-state index is 10.4. The van der Waals surface area contributed by atoms with Gasteiger partial charge in [0.15, 0.2) is 11.5 Å². The third kappa shape index (κ3) is 9.01. The summed E-state index contributed by atoms with van der Waals surface area (Å²) in [5, 5.41) is 23.9. The van der Waals surface area contributed by atoms with Gasteiger partial charge in [0.1, 0.15) is 31.7 Å². The summed E-state index contributed by atoms with van der Waals surface area (Å²) in [6.07, 6.45) is -1.83. The van der Waals surface area contributed by atoms with Crippen molar-refractivity contribution in [3.05, 3.63) is 90.0 Å². The first kappa shape index (κ1) is 24.9. The van der Waals surface area contributed by atoms with Gasteiger partial charge in [-0.25, -0.2) is 4.79 Å². The minimum atomic E-state index is -1.08. The van der Waals surface area contributed by atoms with E-state index >= 15 is 0 Å². The molecule has 0 saturated carbocycles. The van der Waals surface area contributed by atoms with Crippen LogP contribution in [0.3, 0.4) is 0 Å². The number of rotatable bonds is 14. The first-order chi connectivity index (χ1) is 16.6. The number of carboxylic acid groups (broad SMARTS) is 1. The van der Waals surface area contributed by atoms with Crippen molar-refractivity contribution < 1.29 is 29.2 Å². The summed E-state index contributed by atoms with van der Waals surface area (Å²) < 4.78 is 17.8. The van der Waals surface area contributed by atoms with Crippen LogP contribution in [0.2, 0.25) is 0 Å². The maximum Gasteiger partial charge on any atom is 0.404 e. The highest BCUT2D eigenvalue weighted by molar-refractivity contribution is 5.64. The van der Waals surface area contributed by atoms with Crippen LogP contribution in [0.25, 0.3) is 0 Å². The van der Waals surface area contributed by atoms with E-state index in [1.807, 2.05) is 60.7 Å². The molecule has 1 atom stereocenters. The Kier molecular flexibility index (Phi) is 10.0. The number of hydrogen-bond donors (Lipinski definition) is 4. The van der Waals surface area contributed by atoms with Crippen LogP contribution in [-0.4, -0.2) is 48.7 Å². The molecule has 0 aliphatic rings. The Bertz CT molecular complexity index is 1000. The molecule has 3 rings (SSSR count). The molecule has 0 aliphatic heterocycles. The molecule has 0 heterocycles. The van der Waals surface area contributed by atoms with Crippen LogP contribution < -0.4 is 24.8 Å². The molecule has 34 heavy (non-hydrogen) atoms. The zero-order valence-corrected chi connectivity index (χ0v) is 18.9. The van der Waals surface area contributed by atoms with E-state index in [-0.39, 0.29) is 19.7 Å². The Balaban J connectivity index is 1.56. The fraction of sp³-hybridized carbons (Fsp3) is 0.269. The Morgan fingerprint density at radius 2 is 1.41 bits per heavy atom. The van der Waals surface area contributed by atoms with E-state index in [4.69, 9.17) is 19.3 Å². The summed E-state index contributed by atoms with van der Waals surface area (Å²) in [4.78, 5) is 10.4. The van der Waals surface area contributed by atoms with Gasteiger partial charge in [0, 0.05) is 25.7 Å². The monoisotopic (exact) mass is 466 g/mol. The average molecular weight is 467 g/mol. The summed E-state index contributed by atoms with van der Waals surface area (Å²) in [7, 11) is 0. The molecule has 8 nitrogen and oxygen atoms in total. The van der Waals surface area contributed by atoms with Crippen LogP contribution >= 0.6 is 0 Å². The van der Waals surface area contributed by atoms with Gasteiger partial charge in [-0.15, -0.1) is 0 Å². The molecular formula is C26H30N2O6. The van der Waals surface area contributed by atoms with Crippen LogP contribution in [0.1, 0.15) is 11.1 Å². The lowest BCUT2D eigenvalue weighted by molar-refractivity contribution is 0.106. The topological polar surface area (TPSA) is 109 Å². The van der Waals surface area contributed by atoms with Crippen LogP contribution in [0.4, 0.5) is 4.79 Å². The standard InChI is InChI=1S/C26H30N2O6/c29-22(16-27-13-14-28-26(30)31)19-32-23-11-12-24(33-17-20-7-3-1-4-8-20)25(15-23)34-18-21-9-5-2-6-10-21/h1-12,15,22,27-29H,13-14,16-19H2,(H,30,31). The van der Waals surface area contributed by atoms with Crippen molar-refractivity contribution >= 4 is 6.09 Å². The highest BCUT2D eigenvalue weighted by atomic mass is 16.5. The average Bonchev–Trinajstić information content (AvgIpc) is 2.86. The summed E-state index contributed by atoms with van der Waals surface area (Å²) >= 11 is 0. The van der Waals surface area contributed by atoms with Crippen molar-refractivity contribution in [2.75, 3.05) is 26.2 Å². The lowest BCUT2D eigenvalue weighted by Crippen LogP contribution is -2.36. The van der Waals surface area contributed by atoms with Crippen molar-refractivity contribution in [1.82, 2.24) is 10.6 Å². The molecule has 3 aromatic carbocycles. The van der Waals surface area contributed by atoms with Gasteiger partial charge in [-0.05, 0) is 23.3 Å². The molecular weight excluding hydrogens is 436 g/mol. The molecule has 8 heteroatoms. The van der Waals surface area contributed by atoms with Gasteiger partial charge in [-0.2, -0.15) is 0 Å². The van der Waals surface area contributed by atoms with E-state index < -0.39 is 12.2 Å². The quantitative estimate of drug-likeness (QED) is 0.270. The largest absolute Gasteiger partial charge is 0.491 e. The fourth-order valence-corrected chi connectivity index (χ4v) is 3.06. The SMILES string of the molecule is O=C(O)NCCNCC(O)COc1ccc(OCc2ccccc2)c(OCc2ccccc2)c1. The van der Waals surface area contributed by atoms with Crippen molar-refractivity contribution in [3.8, 4) is 17.2 Å². The Hall–Kier alpha value is -3.75. The molecule has 0 aliphatic carbocycles. The molecule has 4 N–H and O–H groups in total. The second kappa shape index (κ2) is 13.7. The van der Waals surface area contributed by atoms with Gasteiger partial charge in [0.2, 0.25) is 0 Å². The zero-order chi connectivity index (χ0) is 24.0. The first-order valence-corrected chi connectivity index (χ1v) is 11.1. The van der Waals surface area contributed by atoms with E-state index in [2.05, 4.69) is 10.6 Å². The summed E-state index contributed by atoms with van der Waals surface area (Å²) in [5.74, 6) is 1.69. The molecule has 1 unspecified atom stereocenters. The van der Waals surface area contributed by atoms with E-state index in [1.54, 1.807) is 18.2 Å². The number of benzene rings is 3. The minimum Gasteiger partial charge on any atom is -0.491 e. The predicted molar refractivity (Wildman–Crippen MR) is 128 cm³/mol. The van der Waals surface area contributed by atoms with Crippen LogP contribution in [-0.2, 0) is 13.2 Å². The van der Waals surface area contributed by atoms with Crippen molar-refractivity contribution in [3.63, 3.8) is 0 Å². The molecule has 0 fully saturated rings. The lowest BCUT2D eigenvalue weighted by atomic mass is 10.2. The van der Waals surface area contributed by atoms with E-state index in [1.165, 1.54) is 0 Å². The minimum absolute atomic E-state index is 0.0711. The first-order valence-electron chi connectivity index (χ1n) is 11.1. The molecule has 0 saturated heterocycles. The third-order valence-electron chi connectivity index (χ3n) is 4.79. The number of carbonyl (C=O) groups is 1. The van der Waals surface area contributed by atoms with Crippen LogP contribution in [0.15, 0.2) is 78.9 Å². The number of nitrogens with one attached hydrogen (secondary N) is 2. The molecule has 0 spiro atoms. The van der Waals surface area contributed by atoms with E-state index in [0.717, 1.165) is 11.1 Å². The van der Waals surface area contributed by atoms with Gasteiger partial charge in [-0.1, -0.05) is 60.7 Å². The van der Waals surface area contributed by atoms with Crippen molar-refractivity contribution in [2.24, 2.45) is 0 Å². The Morgan fingerprint density at radius 3 is 2.03 bits per heavy atom. The molecule has 180 valence electrons.